The number of halogens is 4. The quantitative estimate of drug-likeness (QED) is 0.416. The average Bonchev–Trinajstić information content (AvgIpc) is 2.62. The van der Waals surface area contributed by atoms with Crippen LogP contribution in [0.4, 0.5) is 13.2 Å². The van der Waals surface area contributed by atoms with Crippen molar-refractivity contribution in [2.24, 2.45) is 0 Å². The highest BCUT2D eigenvalue weighted by Crippen LogP contribution is 2.32. The topological polar surface area (TPSA) is 86.1 Å². The van der Waals surface area contributed by atoms with Gasteiger partial charge in [0.15, 0.2) is 0 Å². The molecule has 140 valence electrons. The molecule has 0 saturated carbocycles. The van der Waals surface area contributed by atoms with Crippen LogP contribution in [-0.2, 0) is 0 Å². The van der Waals surface area contributed by atoms with Crippen LogP contribution in [-0.4, -0.2) is 41.0 Å². The summed E-state index contributed by atoms with van der Waals surface area (Å²) >= 11 is 5.78. The third-order valence-electron chi connectivity index (χ3n) is 3.36. The summed E-state index contributed by atoms with van der Waals surface area (Å²) < 4.78 is 37.9. The number of nitrogens with zero attached hydrogens (tertiary/aromatic N) is 1. The number of aldehydes is 1. The number of nitrogens with one attached hydrogen (secondary N) is 2. The first-order chi connectivity index (χ1) is 12.1. The second-order valence-electron chi connectivity index (χ2n) is 5.14. The van der Waals surface area contributed by atoms with Crippen molar-refractivity contribution in [3.8, 4) is 0 Å². The summed E-state index contributed by atoms with van der Waals surface area (Å²) in [5, 5.41) is 19.0. The molecule has 0 fully saturated rings. The van der Waals surface area contributed by atoms with Crippen molar-refractivity contribution >= 4 is 23.6 Å². The van der Waals surface area contributed by atoms with Crippen LogP contribution in [0.5, 0.6) is 0 Å². The lowest BCUT2D eigenvalue weighted by atomic mass is 9.99. The highest BCUT2D eigenvalue weighted by molar-refractivity contribution is 6.34. The van der Waals surface area contributed by atoms with Crippen LogP contribution in [0.3, 0.4) is 0 Å². The maximum Gasteiger partial charge on any atom is 0.431 e. The van der Waals surface area contributed by atoms with Gasteiger partial charge in [-0.25, -0.2) is 0 Å². The Kier molecular flexibility index (Phi) is 7.88. The number of alkyl halides is 3. The lowest BCUT2D eigenvalue weighted by molar-refractivity contribution is -0.267. The number of pyridine rings is 1. The van der Waals surface area contributed by atoms with E-state index >= 15 is 0 Å². The van der Waals surface area contributed by atoms with E-state index in [4.69, 9.17) is 17.0 Å². The molecule has 9 heteroatoms. The van der Waals surface area contributed by atoms with Crippen LogP contribution in [0.15, 0.2) is 48.8 Å². The van der Waals surface area contributed by atoms with E-state index in [2.05, 4.69) is 4.98 Å². The molecule has 0 aliphatic rings. The van der Waals surface area contributed by atoms with Gasteiger partial charge in [-0.1, -0.05) is 29.8 Å². The summed E-state index contributed by atoms with van der Waals surface area (Å²) in [5.74, 6) is 0. The molecule has 0 aliphatic heterocycles. The number of aromatic nitrogens is 1. The van der Waals surface area contributed by atoms with Crippen LogP contribution >= 0.6 is 11.6 Å². The highest BCUT2D eigenvalue weighted by atomic mass is 35.5. The molecule has 0 aliphatic carbocycles. The predicted molar refractivity (Wildman–Crippen MR) is 92.6 cm³/mol. The van der Waals surface area contributed by atoms with E-state index in [1.165, 1.54) is 12.1 Å². The van der Waals surface area contributed by atoms with Crippen molar-refractivity contribution in [2.75, 3.05) is 7.05 Å². The fourth-order valence-electron chi connectivity index (χ4n) is 1.83. The fourth-order valence-corrected chi connectivity index (χ4v) is 2.08. The van der Waals surface area contributed by atoms with Crippen LogP contribution in [0, 0.1) is 5.41 Å². The Morgan fingerprint density at radius 3 is 2.27 bits per heavy atom. The van der Waals surface area contributed by atoms with Crippen LogP contribution in [0.2, 0.25) is 5.02 Å². The predicted octanol–water partition coefficient (Wildman–Crippen LogP) is 3.46. The Morgan fingerprint density at radius 2 is 1.85 bits per heavy atom. The minimum absolute atomic E-state index is 0.164. The summed E-state index contributed by atoms with van der Waals surface area (Å²) in [4.78, 5) is 13.7. The second-order valence-corrected chi connectivity index (χ2v) is 5.55. The zero-order chi connectivity index (χ0) is 19.8. The standard InChI is InChI=1S/C11H12ClF3N2O.C6H5NO/c1-17-10(18,11(13,14)15)6-9(16)7-4-2-3-5-8(7)12;8-5-6-1-3-7-4-2-6/h2-5,16-18H,6H2,1H3;1-5H. The summed E-state index contributed by atoms with van der Waals surface area (Å²) in [5.41, 5.74) is -2.70. The highest BCUT2D eigenvalue weighted by Gasteiger charge is 2.53. The zero-order valence-corrected chi connectivity index (χ0v) is 14.5. The molecule has 1 heterocycles. The molecular weight excluding hydrogens is 371 g/mol. The van der Waals surface area contributed by atoms with E-state index in [-0.39, 0.29) is 10.6 Å². The Labute approximate surface area is 153 Å². The van der Waals surface area contributed by atoms with Crippen LogP contribution < -0.4 is 5.32 Å². The Morgan fingerprint density at radius 1 is 1.27 bits per heavy atom. The summed E-state index contributed by atoms with van der Waals surface area (Å²) in [6.07, 6.45) is -1.83. The van der Waals surface area contributed by atoms with Gasteiger partial charge >= 0.3 is 6.18 Å². The summed E-state index contributed by atoms with van der Waals surface area (Å²) in [7, 11) is 0.980. The molecule has 0 saturated heterocycles. The summed E-state index contributed by atoms with van der Waals surface area (Å²) in [6.45, 7) is 0. The molecule has 1 unspecified atom stereocenters. The van der Waals surface area contributed by atoms with E-state index in [1.807, 2.05) is 0 Å². The number of aliphatic hydroxyl groups is 1. The summed E-state index contributed by atoms with van der Waals surface area (Å²) in [6, 6.07) is 9.38. The molecule has 3 N–H and O–H groups in total. The first kappa shape index (κ1) is 21.8. The van der Waals surface area contributed by atoms with Gasteiger partial charge < -0.3 is 10.5 Å². The fraction of sp³-hybridized carbons (Fsp3) is 0.235. The van der Waals surface area contributed by atoms with Gasteiger partial charge in [0.2, 0.25) is 5.72 Å². The number of carbonyl (C=O) groups is 1. The number of hydrogen-bond acceptors (Lipinski definition) is 5. The molecule has 5 nitrogen and oxygen atoms in total. The average molecular weight is 388 g/mol. The molecule has 1 aromatic heterocycles. The maximum absolute atomic E-state index is 12.6. The number of carbonyl (C=O) groups excluding carboxylic acids is 1. The minimum Gasteiger partial charge on any atom is -0.367 e. The molecule has 0 bridgehead atoms. The number of rotatable bonds is 5. The first-order valence-corrected chi connectivity index (χ1v) is 7.68. The molecular formula is C17H17ClF3N3O2. The first-order valence-electron chi connectivity index (χ1n) is 7.30. The van der Waals surface area contributed by atoms with Gasteiger partial charge in [0.05, 0.1) is 0 Å². The molecule has 0 amide bonds. The van der Waals surface area contributed by atoms with Crippen molar-refractivity contribution < 1.29 is 23.1 Å². The van der Waals surface area contributed by atoms with Gasteiger partial charge in [0, 0.05) is 40.7 Å². The van der Waals surface area contributed by atoms with Crippen molar-refractivity contribution in [2.45, 2.75) is 18.3 Å². The molecule has 0 spiro atoms. The Balaban J connectivity index is 0.000000350. The molecule has 1 atom stereocenters. The number of hydrogen-bond donors (Lipinski definition) is 3. The van der Waals surface area contributed by atoms with Crippen molar-refractivity contribution in [1.29, 1.82) is 5.41 Å². The third kappa shape index (κ3) is 5.91. The lowest BCUT2D eigenvalue weighted by Gasteiger charge is -2.30. The van der Waals surface area contributed by atoms with Crippen LogP contribution in [0.1, 0.15) is 22.3 Å². The molecule has 0 radical (unpaired) electrons. The van der Waals surface area contributed by atoms with E-state index < -0.39 is 24.0 Å². The minimum atomic E-state index is -4.88. The maximum atomic E-state index is 12.6. The number of benzene rings is 1. The van der Waals surface area contributed by atoms with Gasteiger partial charge in [-0.05, 0) is 25.2 Å². The van der Waals surface area contributed by atoms with E-state index in [0.717, 1.165) is 13.3 Å². The van der Waals surface area contributed by atoms with Gasteiger partial charge in [-0.3, -0.25) is 15.1 Å². The largest absolute Gasteiger partial charge is 0.431 e. The monoisotopic (exact) mass is 387 g/mol. The van der Waals surface area contributed by atoms with E-state index in [1.54, 1.807) is 42.0 Å². The van der Waals surface area contributed by atoms with Crippen LogP contribution in [0.25, 0.3) is 0 Å². The van der Waals surface area contributed by atoms with Gasteiger partial charge in [-0.15, -0.1) is 0 Å². The van der Waals surface area contributed by atoms with E-state index in [0.29, 0.717) is 5.56 Å². The molecule has 26 heavy (non-hydrogen) atoms. The van der Waals surface area contributed by atoms with E-state index in [9.17, 15) is 23.1 Å². The Hall–Kier alpha value is -2.29. The Bertz CT molecular complexity index is 742. The third-order valence-corrected chi connectivity index (χ3v) is 3.69. The SMILES string of the molecule is CNC(O)(CC(=N)c1ccccc1Cl)C(F)(F)F.O=Cc1ccncc1. The zero-order valence-electron chi connectivity index (χ0n) is 13.7. The molecule has 2 aromatic rings. The smallest absolute Gasteiger partial charge is 0.367 e. The molecule has 2 rings (SSSR count). The van der Waals surface area contributed by atoms with Crippen molar-refractivity contribution in [3.05, 3.63) is 64.9 Å². The normalized spacial score (nSPS) is 13.2. The van der Waals surface area contributed by atoms with Gasteiger partial charge in [0.1, 0.15) is 6.29 Å². The van der Waals surface area contributed by atoms with Crippen molar-refractivity contribution in [3.63, 3.8) is 0 Å². The molecule has 1 aromatic carbocycles. The lowest BCUT2D eigenvalue weighted by Crippen LogP contribution is -2.56. The second kappa shape index (κ2) is 9.42. The van der Waals surface area contributed by atoms with Gasteiger partial charge in [-0.2, -0.15) is 13.2 Å². The van der Waals surface area contributed by atoms with Gasteiger partial charge in [0.25, 0.3) is 0 Å². The van der Waals surface area contributed by atoms with Crippen molar-refractivity contribution in [1.82, 2.24) is 10.3 Å².